The van der Waals surface area contributed by atoms with Crippen LogP contribution in [0.15, 0.2) is 24.4 Å². The number of benzene rings is 1. The molecule has 0 amide bonds. The number of nitrogens with zero attached hydrogens (tertiary/aromatic N) is 1. The van der Waals surface area contributed by atoms with Gasteiger partial charge < -0.3 is 4.98 Å². The lowest BCUT2D eigenvalue weighted by Gasteiger charge is -1.95. The van der Waals surface area contributed by atoms with E-state index in [1.54, 1.807) is 0 Å². The summed E-state index contributed by atoms with van der Waals surface area (Å²) in [6.07, 6.45) is 4.27. The van der Waals surface area contributed by atoms with Crippen molar-refractivity contribution in [1.29, 1.82) is 5.26 Å². The molecule has 0 saturated carbocycles. The Hall–Kier alpha value is -1.75. The minimum Gasteiger partial charge on any atom is -0.361 e. The van der Waals surface area contributed by atoms with Crippen LogP contribution in [-0.4, -0.2) is 4.98 Å². The van der Waals surface area contributed by atoms with Gasteiger partial charge >= 0.3 is 0 Å². The van der Waals surface area contributed by atoms with Crippen LogP contribution >= 0.6 is 0 Å². The molecule has 1 N–H and O–H groups in total. The van der Waals surface area contributed by atoms with Gasteiger partial charge in [-0.15, -0.1) is 0 Å². The van der Waals surface area contributed by atoms with E-state index in [1.807, 2.05) is 24.4 Å². The zero-order valence-electron chi connectivity index (χ0n) is 8.17. The minimum atomic E-state index is 0.711. The average Bonchev–Trinajstić information content (AvgIpc) is 2.61. The molecule has 0 saturated heterocycles. The van der Waals surface area contributed by atoms with Crippen LogP contribution in [0, 0.1) is 11.3 Å². The van der Waals surface area contributed by atoms with Crippen molar-refractivity contribution in [2.75, 3.05) is 0 Å². The van der Waals surface area contributed by atoms with Gasteiger partial charge in [-0.3, -0.25) is 0 Å². The highest BCUT2D eigenvalue weighted by atomic mass is 14.7. The van der Waals surface area contributed by atoms with Crippen LogP contribution in [0.5, 0.6) is 0 Å². The molecule has 2 aromatic rings. The van der Waals surface area contributed by atoms with Gasteiger partial charge in [0.2, 0.25) is 0 Å². The van der Waals surface area contributed by atoms with Gasteiger partial charge in [-0.25, -0.2) is 0 Å². The van der Waals surface area contributed by atoms with Crippen LogP contribution in [0.1, 0.15) is 24.5 Å². The fourth-order valence-corrected chi connectivity index (χ4v) is 1.73. The van der Waals surface area contributed by atoms with Gasteiger partial charge in [-0.1, -0.05) is 19.4 Å². The first-order valence-electron chi connectivity index (χ1n) is 4.85. The molecule has 2 nitrogen and oxygen atoms in total. The summed E-state index contributed by atoms with van der Waals surface area (Å²) in [5.74, 6) is 0. The Morgan fingerprint density at radius 1 is 1.43 bits per heavy atom. The highest BCUT2D eigenvalue weighted by Crippen LogP contribution is 2.20. The largest absolute Gasteiger partial charge is 0.361 e. The zero-order chi connectivity index (χ0) is 9.97. The first-order valence-corrected chi connectivity index (χ1v) is 4.85. The molecule has 0 atom stereocenters. The monoisotopic (exact) mass is 184 g/mol. The Bertz CT molecular complexity index is 488. The minimum absolute atomic E-state index is 0.711. The normalized spacial score (nSPS) is 10.3. The van der Waals surface area contributed by atoms with Crippen molar-refractivity contribution >= 4 is 10.9 Å². The number of nitriles is 1. The third kappa shape index (κ3) is 1.38. The summed E-state index contributed by atoms with van der Waals surface area (Å²) < 4.78 is 0. The lowest BCUT2D eigenvalue weighted by Crippen LogP contribution is -1.79. The molecule has 14 heavy (non-hydrogen) atoms. The number of hydrogen-bond donors (Lipinski definition) is 1. The van der Waals surface area contributed by atoms with Crippen LogP contribution in [-0.2, 0) is 6.42 Å². The average molecular weight is 184 g/mol. The van der Waals surface area contributed by atoms with E-state index in [1.165, 1.54) is 10.9 Å². The van der Waals surface area contributed by atoms with Crippen LogP contribution in [0.25, 0.3) is 10.9 Å². The second-order valence-corrected chi connectivity index (χ2v) is 3.44. The summed E-state index contributed by atoms with van der Waals surface area (Å²) in [6, 6.07) is 7.93. The highest BCUT2D eigenvalue weighted by Gasteiger charge is 2.02. The topological polar surface area (TPSA) is 39.6 Å². The molecule has 1 aromatic heterocycles. The number of fused-ring (bicyclic) bond motifs is 1. The third-order valence-corrected chi connectivity index (χ3v) is 2.42. The molecule has 0 aliphatic rings. The quantitative estimate of drug-likeness (QED) is 0.765. The lowest BCUT2D eigenvalue weighted by molar-refractivity contribution is 0.929. The lowest BCUT2D eigenvalue weighted by atomic mass is 10.1. The van der Waals surface area contributed by atoms with Crippen molar-refractivity contribution in [3.8, 4) is 6.07 Å². The number of aromatic nitrogens is 1. The molecule has 2 rings (SSSR count). The molecule has 2 heteroatoms. The summed E-state index contributed by atoms with van der Waals surface area (Å²) in [5.41, 5.74) is 3.11. The van der Waals surface area contributed by atoms with Gasteiger partial charge in [0.1, 0.15) is 0 Å². The van der Waals surface area contributed by atoms with Gasteiger partial charge in [0, 0.05) is 17.1 Å². The first kappa shape index (κ1) is 8.83. The molecule has 0 aliphatic heterocycles. The third-order valence-electron chi connectivity index (χ3n) is 2.42. The van der Waals surface area contributed by atoms with E-state index in [0.29, 0.717) is 5.56 Å². The highest BCUT2D eigenvalue weighted by molar-refractivity contribution is 5.84. The molecular formula is C12H12N2. The van der Waals surface area contributed by atoms with Crippen LogP contribution in [0.2, 0.25) is 0 Å². The molecule has 1 heterocycles. The van der Waals surface area contributed by atoms with E-state index in [9.17, 15) is 0 Å². The standard InChI is InChI=1S/C12H12N2/c1-2-3-10-8-14-12-6-9(7-13)4-5-11(10)12/h4-6,8,14H,2-3H2,1H3. The predicted octanol–water partition coefficient (Wildman–Crippen LogP) is 2.99. The van der Waals surface area contributed by atoms with Crippen LogP contribution in [0.4, 0.5) is 0 Å². The van der Waals surface area contributed by atoms with Crippen molar-refractivity contribution in [3.63, 3.8) is 0 Å². The maximum absolute atomic E-state index is 8.74. The van der Waals surface area contributed by atoms with E-state index >= 15 is 0 Å². The van der Waals surface area contributed by atoms with Gasteiger partial charge in [-0.2, -0.15) is 5.26 Å². The van der Waals surface area contributed by atoms with E-state index < -0.39 is 0 Å². The Labute approximate surface area is 83.2 Å². The summed E-state index contributed by atoms with van der Waals surface area (Å²) in [6.45, 7) is 2.17. The SMILES string of the molecule is CCCc1c[nH]c2cc(C#N)ccc12. The Kier molecular flexibility index (Phi) is 2.24. The Balaban J connectivity index is 2.55. The van der Waals surface area contributed by atoms with E-state index in [4.69, 9.17) is 5.26 Å². The zero-order valence-corrected chi connectivity index (χ0v) is 8.17. The van der Waals surface area contributed by atoms with Crippen LogP contribution < -0.4 is 0 Å². The Morgan fingerprint density at radius 2 is 2.29 bits per heavy atom. The Morgan fingerprint density at radius 3 is 3.00 bits per heavy atom. The van der Waals surface area contributed by atoms with Crippen molar-refractivity contribution in [1.82, 2.24) is 4.98 Å². The number of aryl methyl sites for hydroxylation is 1. The van der Waals surface area contributed by atoms with E-state index in [0.717, 1.165) is 18.4 Å². The number of rotatable bonds is 2. The maximum Gasteiger partial charge on any atom is 0.0992 e. The smallest absolute Gasteiger partial charge is 0.0992 e. The molecular weight excluding hydrogens is 172 g/mol. The predicted molar refractivity (Wildman–Crippen MR) is 57.0 cm³/mol. The number of aromatic amines is 1. The first-order chi connectivity index (χ1) is 6.85. The van der Waals surface area contributed by atoms with Crippen molar-refractivity contribution in [2.24, 2.45) is 0 Å². The van der Waals surface area contributed by atoms with Gasteiger partial charge in [0.15, 0.2) is 0 Å². The van der Waals surface area contributed by atoms with Gasteiger partial charge in [-0.05, 0) is 24.1 Å². The van der Waals surface area contributed by atoms with Crippen LogP contribution in [0.3, 0.4) is 0 Å². The second-order valence-electron chi connectivity index (χ2n) is 3.44. The molecule has 1 aromatic carbocycles. The van der Waals surface area contributed by atoms with Crippen molar-refractivity contribution < 1.29 is 0 Å². The van der Waals surface area contributed by atoms with Crippen molar-refractivity contribution in [3.05, 3.63) is 35.5 Å². The summed E-state index contributed by atoms with van der Waals surface area (Å²) in [7, 11) is 0. The van der Waals surface area contributed by atoms with E-state index in [2.05, 4.69) is 18.0 Å². The number of H-pyrrole nitrogens is 1. The van der Waals surface area contributed by atoms with E-state index in [-0.39, 0.29) is 0 Å². The molecule has 0 aliphatic carbocycles. The van der Waals surface area contributed by atoms with Gasteiger partial charge in [0.25, 0.3) is 0 Å². The molecule has 0 spiro atoms. The fourth-order valence-electron chi connectivity index (χ4n) is 1.73. The molecule has 0 radical (unpaired) electrons. The maximum atomic E-state index is 8.74. The molecule has 0 unspecified atom stereocenters. The molecule has 70 valence electrons. The number of hydrogen-bond acceptors (Lipinski definition) is 1. The number of nitrogens with one attached hydrogen (secondary N) is 1. The molecule has 0 fully saturated rings. The summed E-state index contributed by atoms with van der Waals surface area (Å²) in [4.78, 5) is 3.20. The summed E-state index contributed by atoms with van der Waals surface area (Å²) in [5, 5.41) is 9.98. The second kappa shape index (κ2) is 3.55. The fraction of sp³-hybridized carbons (Fsp3) is 0.250. The van der Waals surface area contributed by atoms with Crippen molar-refractivity contribution in [2.45, 2.75) is 19.8 Å². The van der Waals surface area contributed by atoms with Gasteiger partial charge in [0.05, 0.1) is 11.6 Å². The summed E-state index contributed by atoms with van der Waals surface area (Å²) >= 11 is 0. The molecule has 0 bridgehead atoms.